The molecule has 0 amide bonds. The number of benzene rings is 1. The normalized spacial score (nSPS) is 35.0. The summed E-state index contributed by atoms with van der Waals surface area (Å²) < 4.78 is 0. The molecule has 1 heteroatoms. The van der Waals surface area contributed by atoms with Gasteiger partial charge in [0.15, 0.2) is 0 Å². The molecule has 2 aliphatic rings. The monoisotopic (exact) mass is 271 g/mol. The summed E-state index contributed by atoms with van der Waals surface area (Å²) in [4.78, 5) is 0. The lowest BCUT2D eigenvalue weighted by molar-refractivity contribution is 0.194. The van der Waals surface area contributed by atoms with E-state index in [9.17, 15) is 0 Å². The molecule has 2 aliphatic carbocycles. The first-order valence-corrected chi connectivity index (χ1v) is 8.47. The summed E-state index contributed by atoms with van der Waals surface area (Å²) in [6.07, 6.45) is 6.84. The predicted octanol–water partition coefficient (Wildman–Crippen LogP) is 4.58. The van der Waals surface area contributed by atoms with Crippen molar-refractivity contribution in [3.63, 3.8) is 0 Å². The van der Waals surface area contributed by atoms with Gasteiger partial charge in [-0.15, -0.1) is 0 Å². The second-order valence-electron chi connectivity index (χ2n) is 7.41. The maximum atomic E-state index is 6.60. The highest BCUT2D eigenvalue weighted by Gasteiger charge is 2.45. The Bertz CT molecular complexity index is 417. The summed E-state index contributed by atoms with van der Waals surface area (Å²) in [7, 11) is 0. The second kappa shape index (κ2) is 5.89. The maximum absolute atomic E-state index is 6.60. The average Bonchev–Trinajstić information content (AvgIpc) is 3.28. The largest absolute Gasteiger partial charge is 0.327 e. The molecule has 110 valence electrons. The third-order valence-electron chi connectivity index (χ3n) is 5.87. The van der Waals surface area contributed by atoms with Crippen LogP contribution in [-0.2, 0) is 0 Å². The van der Waals surface area contributed by atoms with E-state index in [1.165, 1.54) is 37.7 Å². The molecular formula is C19H29N. The predicted molar refractivity (Wildman–Crippen MR) is 85.6 cm³/mol. The van der Waals surface area contributed by atoms with Crippen molar-refractivity contribution in [3.05, 3.63) is 35.9 Å². The average molecular weight is 271 g/mol. The van der Waals surface area contributed by atoms with Crippen molar-refractivity contribution in [2.24, 2.45) is 29.4 Å². The first-order valence-electron chi connectivity index (χ1n) is 8.47. The fourth-order valence-corrected chi connectivity index (χ4v) is 4.27. The van der Waals surface area contributed by atoms with Crippen LogP contribution in [0.4, 0.5) is 0 Å². The van der Waals surface area contributed by atoms with Crippen LogP contribution in [0.5, 0.6) is 0 Å². The fourth-order valence-electron chi connectivity index (χ4n) is 4.27. The molecule has 0 aliphatic heterocycles. The van der Waals surface area contributed by atoms with E-state index in [1.807, 2.05) is 0 Å². The molecule has 3 unspecified atom stereocenters. The molecule has 2 fully saturated rings. The molecule has 1 aromatic rings. The van der Waals surface area contributed by atoms with E-state index in [0.717, 1.165) is 29.6 Å². The molecule has 1 nitrogen and oxygen atoms in total. The Hall–Kier alpha value is -0.820. The van der Waals surface area contributed by atoms with Gasteiger partial charge in [0.05, 0.1) is 0 Å². The van der Waals surface area contributed by atoms with Crippen LogP contribution < -0.4 is 5.73 Å². The van der Waals surface area contributed by atoms with Crippen LogP contribution in [0.1, 0.15) is 57.4 Å². The molecular weight excluding hydrogens is 242 g/mol. The molecule has 0 bridgehead atoms. The van der Waals surface area contributed by atoms with E-state index in [0.29, 0.717) is 6.04 Å². The highest BCUT2D eigenvalue weighted by atomic mass is 14.7. The lowest BCUT2D eigenvalue weighted by Crippen LogP contribution is -2.36. The Balaban J connectivity index is 1.53. The summed E-state index contributed by atoms with van der Waals surface area (Å²) in [6, 6.07) is 11.4. The lowest BCUT2D eigenvalue weighted by atomic mass is 9.73. The summed E-state index contributed by atoms with van der Waals surface area (Å²) in [5.41, 5.74) is 8.11. The van der Waals surface area contributed by atoms with Crippen molar-refractivity contribution in [2.45, 2.75) is 57.9 Å². The zero-order chi connectivity index (χ0) is 14.1. The Morgan fingerprint density at radius 2 is 1.55 bits per heavy atom. The van der Waals surface area contributed by atoms with Gasteiger partial charge in [0, 0.05) is 6.04 Å². The Kier molecular flexibility index (Phi) is 4.16. The molecule has 0 saturated heterocycles. The number of nitrogens with two attached hydrogens (primary N) is 1. The molecule has 2 saturated carbocycles. The maximum Gasteiger partial charge on any atom is 0.0102 e. The number of rotatable bonds is 4. The summed E-state index contributed by atoms with van der Waals surface area (Å²) in [5.74, 6) is 4.07. The molecule has 1 aromatic carbocycles. The van der Waals surface area contributed by atoms with Crippen LogP contribution in [0.2, 0.25) is 0 Å². The van der Waals surface area contributed by atoms with Crippen molar-refractivity contribution in [1.29, 1.82) is 0 Å². The van der Waals surface area contributed by atoms with Crippen molar-refractivity contribution >= 4 is 0 Å². The highest BCUT2D eigenvalue weighted by Crippen LogP contribution is 2.52. The van der Waals surface area contributed by atoms with Crippen molar-refractivity contribution in [3.8, 4) is 0 Å². The minimum Gasteiger partial charge on any atom is -0.327 e. The van der Waals surface area contributed by atoms with Gasteiger partial charge < -0.3 is 5.73 Å². The van der Waals surface area contributed by atoms with Gasteiger partial charge in [0.25, 0.3) is 0 Å². The quantitative estimate of drug-likeness (QED) is 0.852. The van der Waals surface area contributed by atoms with Gasteiger partial charge in [0.1, 0.15) is 0 Å². The van der Waals surface area contributed by atoms with Crippen LogP contribution >= 0.6 is 0 Å². The smallest absolute Gasteiger partial charge is 0.0102 e. The van der Waals surface area contributed by atoms with Crippen molar-refractivity contribution in [1.82, 2.24) is 0 Å². The summed E-state index contributed by atoms with van der Waals surface area (Å²) in [6.45, 7) is 4.74. The van der Waals surface area contributed by atoms with Crippen LogP contribution in [0.3, 0.4) is 0 Å². The van der Waals surface area contributed by atoms with Crippen LogP contribution in [0, 0.1) is 23.7 Å². The van der Waals surface area contributed by atoms with E-state index < -0.39 is 0 Å². The summed E-state index contributed by atoms with van der Waals surface area (Å²) >= 11 is 0. The van der Waals surface area contributed by atoms with Gasteiger partial charge >= 0.3 is 0 Å². The lowest BCUT2D eigenvalue weighted by Gasteiger charge is -2.34. The topological polar surface area (TPSA) is 26.0 Å². The zero-order valence-electron chi connectivity index (χ0n) is 13.0. The van der Waals surface area contributed by atoms with E-state index in [4.69, 9.17) is 5.73 Å². The third-order valence-corrected chi connectivity index (χ3v) is 5.87. The van der Waals surface area contributed by atoms with Gasteiger partial charge in [-0.05, 0) is 67.3 Å². The number of hydrogen-bond donors (Lipinski definition) is 1. The Labute approximate surface area is 124 Å². The molecule has 3 rings (SSSR count). The van der Waals surface area contributed by atoms with Crippen molar-refractivity contribution in [2.75, 3.05) is 0 Å². The highest BCUT2D eigenvalue weighted by molar-refractivity contribution is 5.26. The molecule has 0 aromatic heterocycles. The van der Waals surface area contributed by atoms with Gasteiger partial charge in [-0.1, -0.05) is 44.2 Å². The van der Waals surface area contributed by atoms with Gasteiger partial charge in [-0.3, -0.25) is 0 Å². The number of hydrogen-bond acceptors (Lipinski definition) is 1. The molecule has 0 radical (unpaired) electrons. The molecule has 3 atom stereocenters. The molecule has 0 heterocycles. The minimum absolute atomic E-state index is 0.438. The van der Waals surface area contributed by atoms with E-state index >= 15 is 0 Å². The van der Waals surface area contributed by atoms with Crippen LogP contribution in [0.15, 0.2) is 30.3 Å². The molecule has 2 N–H and O–H groups in total. The molecule has 20 heavy (non-hydrogen) atoms. The fraction of sp³-hybridized carbons (Fsp3) is 0.684. The van der Waals surface area contributed by atoms with E-state index in [1.54, 1.807) is 0 Å². The van der Waals surface area contributed by atoms with Crippen LogP contribution in [-0.4, -0.2) is 6.04 Å². The van der Waals surface area contributed by atoms with Gasteiger partial charge in [0.2, 0.25) is 0 Å². The SMILES string of the molecule is CC(C)C1CCC(C(N)C2CC2c2ccccc2)CC1. The van der Waals surface area contributed by atoms with Crippen molar-refractivity contribution < 1.29 is 0 Å². The molecule has 0 spiro atoms. The van der Waals surface area contributed by atoms with E-state index in [-0.39, 0.29) is 0 Å². The first kappa shape index (κ1) is 14.1. The summed E-state index contributed by atoms with van der Waals surface area (Å²) in [5, 5.41) is 0. The third kappa shape index (κ3) is 2.93. The van der Waals surface area contributed by atoms with E-state index in [2.05, 4.69) is 44.2 Å². The minimum atomic E-state index is 0.438. The Morgan fingerprint density at radius 3 is 2.15 bits per heavy atom. The Morgan fingerprint density at radius 1 is 0.950 bits per heavy atom. The van der Waals surface area contributed by atoms with Gasteiger partial charge in [-0.25, -0.2) is 0 Å². The van der Waals surface area contributed by atoms with Crippen LogP contribution in [0.25, 0.3) is 0 Å². The standard InChI is InChI=1S/C19H29N/c1-13(2)14-8-10-16(11-9-14)19(20)18-12-17(18)15-6-4-3-5-7-15/h3-7,13-14,16-19H,8-12,20H2,1-2H3. The second-order valence-corrected chi connectivity index (χ2v) is 7.41. The van der Waals surface area contributed by atoms with Gasteiger partial charge in [-0.2, -0.15) is 0 Å². The first-order chi connectivity index (χ1) is 9.66. The zero-order valence-corrected chi connectivity index (χ0v) is 13.0.